The van der Waals surface area contributed by atoms with E-state index in [1.54, 1.807) is 23.1 Å². The minimum Gasteiger partial charge on any atom is -0.426 e. The molecule has 2 saturated heterocycles. The number of anilines is 2. The quantitative estimate of drug-likeness (QED) is 0.322. The first-order chi connectivity index (χ1) is 15.5. The topological polar surface area (TPSA) is 84.0 Å². The Morgan fingerprint density at radius 1 is 0.844 bits per heavy atom. The number of esters is 1. The maximum absolute atomic E-state index is 12.8. The van der Waals surface area contributed by atoms with Crippen molar-refractivity contribution in [2.24, 2.45) is 17.8 Å². The van der Waals surface area contributed by atoms with Gasteiger partial charge in [-0.2, -0.15) is 0 Å². The first-order valence-electron chi connectivity index (χ1n) is 10.7. The van der Waals surface area contributed by atoms with Crippen molar-refractivity contribution in [3.8, 4) is 5.75 Å². The average molecular weight is 430 g/mol. The number of carbonyl (C=O) groups excluding carboxylic acids is 4. The van der Waals surface area contributed by atoms with E-state index in [4.69, 9.17) is 4.74 Å². The number of amides is 3. The summed E-state index contributed by atoms with van der Waals surface area (Å²) >= 11 is 0. The van der Waals surface area contributed by atoms with Crippen molar-refractivity contribution in [3.05, 3.63) is 66.7 Å². The van der Waals surface area contributed by atoms with Gasteiger partial charge in [-0.15, -0.1) is 0 Å². The number of allylic oxidation sites excluding steroid dienone is 2. The minimum atomic E-state index is -0.588. The Bertz CT molecular complexity index is 1100. The van der Waals surface area contributed by atoms with Crippen molar-refractivity contribution in [2.45, 2.75) is 19.3 Å². The second-order valence-corrected chi connectivity index (χ2v) is 8.33. The first-order valence-corrected chi connectivity index (χ1v) is 10.7. The molecule has 32 heavy (non-hydrogen) atoms. The van der Waals surface area contributed by atoms with Crippen LogP contribution >= 0.6 is 0 Å². The van der Waals surface area contributed by atoms with E-state index in [9.17, 15) is 19.2 Å². The summed E-state index contributed by atoms with van der Waals surface area (Å²) in [7, 11) is 0. The van der Waals surface area contributed by atoms with Crippen molar-refractivity contribution in [2.75, 3.05) is 16.3 Å². The van der Waals surface area contributed by atoms with Crippen LogP contribution in [0.25, 0.3) is 0 Å². The molecule has 3 atom stereocenters. The molecule has 2 heterocycles. The fraction of sp³-hybridized carbons (Fsp3) is 0.280. The molecule has 0 spiro atoms. The van der Waals surface area contributed by atoms with Crippen LogP contribution in [-0.2, 0) is 19.2 Å². The van der Waals surface area contributed by atoms with Gasteiger partial charge in [0.1, 0.15) is 5.75 Å². The average Bonchev–Trinajstić information content (AvgIpc) is 3.32. The van der Waals surface area contributed by atoms with Crippen molar-refractivity contribution < 1.29 is 23.9 Å². The normalized spacial score (nSPS) is 24.8. The fourth-order valence-corrected chi connectivity index (χ4v) is 4.66. The molecule has 1 aliphatic carbocycles. The molecule has 2 aromatic carbocycles. The summed E-state index contributed by atoms with van der Waals surface area (Å²) in [6, 6.07) is 15.6. The molecule has 2 aliphatic heterocycles. The Balaban J connectivity index is 1.30. The van der Waals surface area contributed by atoms with Crippen molar-refractivity contribution in [3.63, 3.8) is 0 Å². The molecule has 3 aliphatic rings. The Morgan fingerprint density at radius 2 is 1.50 bits per heavy atom. The molecular formula is C25H22N2O5. The van der Waals surface area contributed by atoms with E-state index in [0.717, 1.165) is 5.69 Å². The molecule has 2 aromatic rings. The number of hydrogen-bond acceptors (Lipinski definition) is 5. The zero-order valence-electron chi connectivity index (χ0n) is 17.3. The Kier molecular flexibility index (Phi) is 5.09. The molecule has 0 radical (unpaired) electrons. The van der Waals surface area contributed by atoms with E-state index in [-0.39, 0.29) is 48.3 Å². The van der Waals surface area contributed by atoms with Crippen LogP contribution in [0, 0.1) is 17.8 Å². The highest BCUT2D eigenvalue weighted by Gasteiger charge is 2.48. The smallest absolute Gasteiger partial charge is 0.316 e. The SMILES string of the molecule is O=C(Oc1cccc(N2C(=O)[C@@H]3CC=CC[C@H]3C2=O)c1)[C@H]1CC(=O)N(c2ccccc2)C1. The lowest BCUT2D eigenvalue weighted by atomic mass is 9.85. The largest absolute Gasteiger partial charge is 0.426 e. The summed E-state index contributed by atoms with van der Waals surface area (Å²) in [5.41, 5.74) is 1.14. The van der Waals surface area contributed by atoms with Crippen LogP contribution in [0.4, 0.5) is 11.4 Å². The second-order valence-electron chi connectivity index (χ2n) is 8.33. The van der Waals surface area contributed by atoms with E-state index < -0.39 is 11.9 Å². The highest BCUT2D eigenvalue weighted by Crippen LogP contribution is 2.38. The Hall–Kier alpha value is -3.74. The van der Waals surface area contributed by atoms with Gasteiger partial charge < -0.3 is 9.64 Å². The van der Waals surface area contributed by atoms with Gasteiger partial charge in [-0.1, -0.05) is 36.4 Å². The number of para-hydroxylation sites is 1. The van der Waals surface area contributed by atoms with E-state index in [2.05, 4.69) is 0 Å². The number of fused-ring (bicyclic) bond motifs is 1. The van der Waals surface area contributed by atoms with Crippen molar-refractivity contribution >= 4 is 35.1 Å². The van der Waals surface area contributed by atoms with Crippen LogP contribution < -0.4 is 14.5 Å². The summed E-state index contributed by atoms with van der Waals surface area (Å²) in [5, 5.41) is 0. The van der Waals surface area contributed by atoms with Crippen molar-refractivity contribution in [1.29, 1.82) is 0 Å². The number of benzene rings is 2. The molecule has 0 aromatic heterocycles. The summed E-state index contributed by atoms with van der Waals surface area (Å²) in [6.07, 6.45) is 5.08. The van der Waals surface area contributed by atoms with Crippen LogP contribution in [0.3, 0.4) is 0 Å². The van der Waals surface area contributed by atoms with Crippen LogP contribution in [-0.4, -0.2) is 30.2 Å². The number of nitrogens with zero attached hydrogens (tertiary/aromatic N) is 2. The first kappa shape index (κ1) is 20.2. The van der Waals surface area contributed by atoms with Gasteiger partial charge in [-0.05, 0) is 37.1 Å². The van der Waals surface area contributed by atoms with E-state index in [1.165, 1.54) is 11.0 Å². The Labute approximate surface area is 185 Å². The maximum Gasteiger partial charge on any atom is 0.316 e. The van der Waals surface area contributed by atoms with Gasteiger partial charge in [0.2, 0.25) is 17.7 Å². The molecule has 0 N–H and O–H groups in total. The van der Waals surface area contributed by atoms with E-state index in [1.807, 2.05) is 42.5 Å². The molecule has 162 valence electrons. The second kappa shape index (κ2) is 8.07. The van der Waals surface area contributed by atoms with Gasteiger partial charge in [0.15, 0.2) is 0 Å². The van der Waals surface area contributed by atoms with Crippen LogP contribution in [0.15, 0.2) is 66.7 Å². The fourth-order valence-electron chi connectivity index (χ4n) is 4.66. The van der Waals surface area contributed by atoms with Gasteiger partial charge in [0.05, 0.1) is 23.4 Å². The third-order valence-electron chi connectivity index (χ3n) is 6.33. The zero-order chi connectivity index (χ0) is 22.2. The van der Waals surface area contributed by atoms with Crippen molar-refractivity contribution in [1.82, 2.24) is 0 Å². The number of imide groups is 1. The standard InChI is InChI=1S/C25H22N2O5/c28-22-13-16(15-26(22)17-7-2-1-3-8-17)25(31)32-19-10-6-9-18(14-19)27-23(29)20-11-4-5-12-21(20)24(27)30/h1-10,14,16,20-21H,11-13,15H2/t16-,20+,21+/m0/s1. The molecule has 0 bridgehead atoms. The number of carbonyl (C=O) groups is 4. The maximum atomic E-state index is 12.8. The summed E-state index contributed by atoms with van der Waals surface area (Å²) in [5.74, 6) is -2.07. The summed E-state index contributed by atoms with van der Waals surface area (Å²) in [4.78, 5) is 53.6. The number of rotatable bonds is 4. The molecule has 0 saturated carbocycles. The number of ether oxygens (including phenoxy) is 1. The van der Waals surface area contributed by atoms with Gasteiger partial charge in [0, 0.05) is 24.7 Å². The van der Waals surface area contributed by atoms with Gasteiger partial charge in [0.25, 0.3) is 0 Å². The van der Waals surface area contributed by atoms with E-state index >= 15 is 0 Å². The lowest BCUT2D eigenvalue weighted by molar-refractivity contribution is -0.139. The summed E-state index contributed by atoms with van der Waals surface area (Å²) < 4.78 is 5.54. The van der Waals surface area contributed by atoms with Crippen LogP contribution in [0.5, 0.6) is 5.75 Å². The third-order valence-corrected chi connectivity index (χ3v) is 6.33. The lowest BCUT2D eigenvalue weighted by Gasteiger charge is -2.17. The predicted octanol–water partition coefficient (Wildman–Crippen LogP) is 3.10. The molecule has 3 amide bonds. The Morgan fingerprint density at radius 3 is 2.19 bits per heavy atom. The number of hydrogen-bond donors (Lipinski definition) is 0. The van der Waals surface area contributed by atoms with Gasteiger partial charge in [-0.25, -0.2) is 4.90 Å². The van der Waals surface area contributed by atoms with E-state index in [0.29, 0.717) is 18.5 Å². The van der Waals surface area contributed by atoms with Crippen LogP contribution in [0.2, 0.25) is 0 Å². The third kappa shape index (κ3) is 3.49. The molecule has 5 rings (SSSR count). The van der Waals surface area contributed by atoms with Gasteiger partial charge in [-0.3, -0.25) is 19.2 Å². The zero-order valence-corrected chi connectivity index (χ0v) is 17.3. The molecular weight excluding hydrogens is 408 g/mol. The molecule has 0 unspecified atom stereocenters. The monoisotopic (exact) mass is 430 g/mol. The summed E-state index contributed by atoms with van der Waals surface area (Å²) in [6.45, 7) is 0.251. The highest BCUT2D eigenvalue weighted by atomic mass is 16.5. The lowest BCUT2D eigenvalue weighted by Crippen LogP contribution is -2.31. The molecule has 2 fully saturated rings. The molecule has 7 heteroatoms. The minimum absolute atomic E-state index is 0.0763. The molecule has 7 nitrogen and oxygen atoms in total. The predicted molar refractivity (Wildman–Crippen MR) is 117 cm³/mol. The van der Waals surface area contributed by atoms with Gasteiger partial charge >= 0.3 is 5.97 Å². The van der Waals surface area contributed by atoms with Crippen LogP contribution in [0.1, 0.15) is 19.3 Å². The highest BCUT2D eigenvalue weighted by molar-refractivity contribution is 6.22.